The van der Waals surface area contributed by atoms with Gasteiger partial charge >= 0.3 is 0 Å². The van der Waals surface area contributed by atoms with Crippen molar-refractivity contribution in [1.82, 2.24) is 10.3 Å². The van der Waals surface area contributed by atoms with Gasteiger partial charge in [-0.2, -0.15) is 0 Å². The van der Waals surface area contributed by atoms with Crippen LogP contribution >= 0.6 is 0 Å². The van der Waals surface area contributed by atoms with Crippen LogP contribution in [0.25, 0.3) is 0 Å². The fourth-order valence-electron chi connectivity index (χ4n) is 2.44. The number of aliphatic hydroxyl groups excluding tert-OH is 1. The lowest BCUT2D eigenvalue weighted by Crippen LogP contribution is -2.41. The molecular weight excluding hydrogens is 254 g/mol. The zero-order valence-corrected chi connectivity index (χ0v) is 12.0. The van der Waals surface area contributed by atoms with Crippen LogP contribution in [0.3, 0.4) is 0 Å². The Bertz CT molecular complexity index is 446. The van der Waals surface area contributed by atoms with Crippen LogP contribution in [0.1, 0.15) is 43.1 Å². The molecule has 0 atom stereocenters. The summed E-state index contributed by atoms with van der Waals surface area (Å²) >= 11 is 0. The van der Waals surface area contributed by atoms with Gasteiger partial charge in [-0.15, -0.1) is 0 Å². The number of pyridine rings is 1. The van der Waals surface area contributed by atoms with Gasteiger partial charge in [-0.05, 0) is 44.7 Å². The molecule has 1 aromatic heterocycles. The van der Waals surface area contributed by atoms with Gasteiger partial charge in [0.25, 0.3) is 5.91 Å². The van der Waals surface area contributed by atoms with Crippen LogP contribution in [0.15, 0.2) is 18.3 Å². The Morgan fingerprint density at radius 1 is 1.55 bits per heavy atom. The summed E-state index contributed by atoms with van der Waals surface area (Å²) in [6.07, 6.45) is 6.06. The zero-order chi connectivity index (χ0) is 14.4. The Morgan fingerprint density at radius 3 is 2.95 bits per heavy atom. The zero-order valence-electron chi connectivity index (χ0n) is 12.0. The van der Waals surface area contributed by atoms with Crippen molar-refractivity contribution in [3.8, 4) is 0 Å². The molecule has 1 aromatic rings. The third-order valence-corrected chi connectivity index (χ3v) is 3.72. The molecule has 1 aliphatic rings. The number of anilines is 1. The molecule has 1 aliphatic carbocycles. The van der Waals surface area contributed by atoms with E-state index in [9.17, 15) is 4.79 Å². The Labute approximate surface area is 120 Å². The smallest absolute Gasteiger partial charge is 0.269 e. The van der Waals surface area contributed by atoms with Crippen LogP contribution < -0.4 is 10.2 Å². The van der Waals surface area contributed by atoms with Crippen LogP contribution in [0.2, 0.25) is 0 Å². The van der Waals surface area contributed by atoms with Gasteiger partial charge in [-0.3, -0.25) is 9.78 Å². The molecule has 1 heterocycles. The Hall–Kier alpha value is -1.62. The van der Waals surface area contributed by atoms with Gasteiger partial charge in [0, 0.05) is 37.6 Å². The lowest BCUT2D eigenvalue weighted by molar-refractivity contribution is 0.0951. The first-order valence-corrected chi connectivity index (χ1v) is 7.38. The molecule has 0 aliphatic heterocycles. The SMILES string of the molecule is CCNC(=O)c1cc(N(CCCO)C2CCC2)ccn1. The van der Waals surface area contributed by atoms with E-state index < -0.39 is 0 Å². The fraction of sp³-hybridized carbons (Fsp3) is 0.600. The van der Waals surface area contributed by atoms with Crippen molar-refractivity contribution in [2.45, 2.75) is 38.6 Å². The van der Waals surface area contributed by atoms with E-state index in [-0.39, 0.29) is 12.5 Å². The lowest BCUT2D eigenvalue weighted by Gasteiger charge is -2.39. The molecule has 0 saturated heterocycles. The van der Waals surface area contributed by atoms with Crippen molar-refractivity contribution in [2.75, 3.05) is 24.6 Å². The van der Waals surface area contributed by atoms with Gasteiger partial charge in [-0.25, -0.2) is 0 Å². The number of nitrogens with zero attached hydrogens (tertiary/aromatic N) is 2. The first-order chi connectivity index (χ1) is 9.76. The van der Waals surface area contributed by atoms with E-state index in [0.717, 1.165) is 18.7 Å². The third kappa shape index (κ3) is 3.48. The summed E-state index contributed by atoms with van der Waals surface area (Å²) in [5.74, 6) is -0.134. The minimum atomic E-state index is -0.134. The standard InChI is InChI=1S/C15H23N3O2/c1-2-16-15(20)14-11-13(7-8-17-14)18(9-4-10-19)12-5-3-6-12/h7-8,11-12,19H,2-6,9-10H2,1H3,(H,16,20). The maximum atomic E-state index is 11.9. The fourth-order valence-corrected chi connectivity index (χ4v) is 2.44. The summed E-state index contributed by atoms with van der Waals surface area (Å²) in [7, 11) is 0. The number of amides is 1. The second kappa shape index (κ2) is 7.24. The molecular formula is C15H23N3O2. The number of hydrogen-bond donors (Lipinski definition) is 2. The molecule has 0 spiro atoms. The number of carbonyl (C=O) groups excluding carboxylic acids is 1. The highest BCUT2D eigenvalue weighted by atomic mass is 16.3. The van der Waals surface area contributed by atoms with E-state index in [1.807, 2.05) is 19.1 Å². The molecule has 1 amide bonds. The van der Waals surface area contributed by atoms with E-state index in [2.05, 4.69) is 15.2 Å². The number of aliphatic hydroxyl groups is 1. The highest BCUT2D eigenvalue weighted by Gasteiger charge is 2.25. The topological polar surface area (TPSA) is 65.5 Å². The highest BCUT2D eigenvalue weighted by Crippen LogP contribution is 2.29. The molecule has 5 nitrogen and oxygen atoms in total. The van der Waals surface area contributed by atoms with E-state index >= 15 is 0 Å². The maximum Gasteiger partial charge on any atom is 0.269 e. The lowest BCUT2D eigenvalue weighted by atomic mass is 9.91. The third-order valence-electron chi connectivity index (χ3n) is 3.72. The van der Waals surface area contributed by atoms with Crippen LogP contribution in [0.4, 0.5) is 5.69 Å². The van der Waals surface area contributed by atoms with Gasteiger partial charge < -0.3 is 15.3 Å². The van der Waals surface area contributed by atoms with E-state index in [1.54, 1.807) is 6.20 Å². The van der Waals surface area contributed by atoms with E-state index in [4.69, 9.17) is 5.11 Å². The van der Waals surface area contributed by atoms with Gasteiger partial charge in [0.2, 0.25) is 0 Å². The number of nitrogens with one attached hydrogen (secondary N) is 1. The molecule has 2 N–H and O–H groups in total. The molecule has 1 fully saturated rings. The molecule has 0 aromatic carbocycles. The average Bonchev–Trinajstić information content (AvgIpc) is 2.41. The monoisotopic (exact) mass is 277 g/mol. The van der Waals surface area contributed by atoms with E-state index in [0.29, 0.717) is 18.3 Å². The van der Waals surface area contributed by atoms with Crippen molar-refractivity contribution in [3.63, 3.8) is 0 Å². The Balaban J connectivity index is 2.15. The van der Waals surface area contributed by atoms with Crippen LogP contribution in [0, 0.1) is 0 Å². The molecule has 0 unspecified atom stereocenters. The number of hydrogen-bond acceptors (Lipinski definition) is 4. The Morgan fingerprint density at radius 2 is 2.35 bits per heavy atom. The van der Waals surface area contributed by atoms with Gasteiger partial charge in [0.15, 0.2) is 0 Å². The summed E-state index contributed by atoms with van der Waals surface area (Å²) in [6.45, 7) is 3.50. The summed E-state index contributed by atoms with van der Waals surface area (Å²) in [5, 5.41) is 11.8. The van der Waals surface area contributed by atoms with Crippen molar-refractivity contribution in [3.05, 3.63) is 24.0 Å². The quantitative estimate of drug-likeness (QED) is 0.794. The normalized spacial score (nSPS) is 14.7. The summed E-state index contributed by atoms with van der Waals surface area (Å²) in [5.41, 5.74) is 1.48. The summed E-state index contributed by atoms with van der Waals surface area (Å²) in [4.78, 5) is 18.3. The van der Waals surface area contributed by atoms with Crippen molar-refractivity contribution < 1.29 is 9.90 Å². The second-order valence-electron chi connectivity index (χ2n) is 5.11. The molecule has 2 rings (SSSR count). The van der Waals surface area contributed by atoms with Gasteiger partial charge in [-0.1, -0.05) is 0 Å². The van der Waals surface area contributed by atoms with Gasteiger partial charge in [0.1, 0.15) is 5.69 Å². The molecule has 0 bridgehead atoms. The minimum Gasteiger partial charge on any atom is -0.396 e. The molecule has 5 heteroatoms. The van der Waals surface area contributed by atoms with Gasteiger partial charge in [0.05, 0.1) is 0 Å². The average molecular weight is 277 g/mol. The first-order valence-electron chi connectivity index (χ1n) is 7.38. The number of rotatable bonds is 7. The first kappa shape index (κ1) is 14.8. The minimum absolute atomic E-state index is 0.134. The summed E-state index contributed by atoms with van der Waals surface area (Å²) in [6, 6.07) is 4.32. The van der Waals surface area contributed by atoms with Crippen LogP contribution in [-0.4, -0.2) is 41.7 Å². The molecule has 1 saturated carbocycles. The number of aromatic nitrogens is 1. The molecule has 20 heavy (non-hydrogen) atoms. The Kier molecular flexibility index (Phi) is 5.35. The van der Waals surface area contributed by atoms with Crippen LogP contribution in [0.5, 0.6) is 0 Å². The van der Waals surface area contributed by atoms with E-state index in [1.165, 1.54) is 19.3 Å². The molecule has 0 radical (unpaired) electrons. The predicted octanol–water partition coefficient (Wildman–Crippen LogP) is 1.57. The van der Waals surface area contributed by atoms with Crippen LogP contribution in [-0.2, 0) is 0 Å². The van der Waals surface area contributed by atoms with Crippen molar-refractivity contribution in [1.29, 1.82) is 0 Å². The largest absolute Gasteiger partial charge is 0.396 e. The molecule has 110 valence electrons. The van der Waals surface area contributed by atoms with Crippen molar-refractivity contribution in [2.24, 2.45) is 0 Å². The summed E-state index contributed by atoms with van der Waals surface area (Å²) < 4.78 is 0. The second-order valence-corrected chi connectivity index (χ2v) is 5.11. The number of carbonyl (C=O) groups is 1. The predicted molar refractivity (Wildman–Crippen MR) is 78.9 cm³/mol. The maximum absolute atomic E-state index is 11.9. The highest BCUT2D eigenvalue weighted by molar-refractivity contribution is 5.93. The van der Waals surface area contributed by atoms with Crippen molar-refractivity contribution >= 4 is 11.6 Å².